The van der Waals surface area contributed by atoms with E-state index in [-0.39, 0.29) is 24.4 Å². The first-order chi connectivity index (χ1) is 9.04. The van der Waals surface area contributed by atoms with Crippen LogP contribution in [-0.2, 0) is 9.59 Å². The minimum Gasteiger partial charge on any atom is -0.480 e. The predicted molar refractivity (Wildman–Crippen MR) is 73.9 cm³/mol. The number of carbonyl (C=O) groups excluding carboxylic acids is 1. The van der Waals surface area contributed by atoms with Gasteiger partial charge in [-0.15, -0.1) is 0 Å². The van der Waals surface area contributed by atoms with Crippen molar-refractivity contribution in [3.8, 4) is 0 Å². The molecule has 0 radical (unpaired) electrons. The molecule has 2 atom stereocenters. The summed E-state index contributed by atoms with van der Waals surface area (Å²) in [5.74, 6) is -1.05. The third-order valence-electron chi connectivity index (χ3n) is 3.93. The highest BCUT2D eigenvalue weighted by Gasteiger charge is 2.30. The molecule has 0 aromatic rings. The maximum Gasteiger partial charge on any atom is 0.326 e. The van der Waals surface area contributed by atoms with E-state index < -0.39 is 12.0 Å². The molecule has 5 heteroatoms. The van der Waals surface area contributed by atoms with Crippen molar-refractivity contribution in [3.05, 3.63) is 0 Å². The molecule has 1 saturated carbocycles. The van der Waals surface area contributed by atoms with Crippen molar-refractivity contribution >= 4 is 11.9 Å². The Morgan fingerprint density at radius 1 is 1.26 bits per heavy atom. The molecule has 1 rings (SSSR count). The third kappa shape index (κ3) is 5.59. The first kappa shape index (κ1) is 16.0. The van der Waals surface area contributed by atoms with Crippen LogP contribution in [0.3, 0.4) is 0 Å². The van der Waals surface area contributed by atoms with E-state index >= 15 is 0 Å². The van der Waals surface area contributed by atoms with Crippen LogP contribution in [0, 0.1) is 5.92 Å². The Morgan fingerprint density at radius 3 is 2.42 bits per heavy atom. The zero-order valence-corrected chi connectivity index (χ0v) is 11.9. The number of hydrogen-bond acceptors (Lipinski definition) is 3. The lowest BCUT2D eigenvalue weighted by molar-refractivity contribution is -0.143. The zero-order valence-electron chi connectivity index (χ0n) is 11.9. The van der Waals surface area contributed by atoms with Gasteiger partial charge in [0.2, 0.25) is 5.91 Å². The van der Waals surface area contributed by atoms with Crippen molar-refractivity contribution in [2.45, 2.75) is 64.5 Å². The molecule has 0 aliphatic heterocycles. The molecule has 0 spiro atoms. The van der Waals surface area contributed by atoms with E-state index in [1.165, 1.54) is 6.42 Å². The minimum absolute atomic E-state index is 0.0822. The van der Waals surface area contributed by atoms with Crippen molar-refractivity contribution in [2.75, 3.05) is 6.54 Å². The maximum atomic E-state index is 11.8. The Kier molecular flexibility index (Phi) is 6.84. The van der Waals surface area contributed by atoms with Crippen molar-refractivity contribution in [3.63, 3.8) is 0 Å². The molecule has 3 N–H and O–H groups in total. The molecule has 2 unspecified atom stereocenters. The number of hydrogen-bond donors (Lipinski definition) is 3. The van der Waals surface area contributed by atoms with Crippen LogP contribution in [-0.4, -0.2) is 35.6 Å². The molecule has 110 valence electrons. The average Bonchev–Trinajstić information content (AvgIpc) is 2.42. The molecular formula is C14H26N2O3. The van der Waals surface area contributed by atoms with Crippen LogP contribution in [0.25, 0.3) is 0 Å². The Bertz CT molecular complexity index is 301. The van der Waals surface area contributed by atoms with Gasteiger partial charge in [0.05, 0.1) is 6.54 Å². The summed E-state index contributed by atoms with van der Waals surface area (Å²) in [5.41, 5.74) is 0. The number of amides is 1. The number of aliphatic carboxylic acids is 1. The van der Waals surface area contributed by atoms with Gasteiger partial charge < -0.3 is 15.7 Å². The number of rotatable bonds is 7. The van der Waals surface area contributed by atoms with Gasteiger partial charge in [-0.1, -0.05) is 26.2 Å². The summed E-state index contributed by atoms with van der Waals surface area (Å²) in [7, 11) is 0. The van der Waals surface area contributed by atoms with Crippen molar-refractivity contribution in [2.24, 2.45) is 5.92 Å². The van der Waals surface area contributed by atoms with E-state index in [0.29, 0.717) is 0 Å². The summed E-state index contributed by atoms with van der Waals surface area (Å²) >= 11 is 0. The standard InChI is InChI=1S/C14H26N2O3/c1-3-10(2)15-9-12(17)16-13(14(18)19)11-7-5-4-6-8-11/h10-11,13,15H,3-9H2,1-2H3,(H,16,17)(H,18,19). The highest BCUT2D eigenvalue weighted by molar-refractivity contribution is 5.84. The summed E-state index contributed by atoms with van der Waals surface area (Å²) in [6.45, 7) is 4.23. The van der Waals surface area contributed by atoms with Gasteiger partial charge in [0.15, 0.2) is 0 Å². The second-order valence-corrected chi connectivity index (χ2v) is 5.47. The van der Waals surface area contributed by atoms with Gasteiger partial charge in [0, 0.05) is 6.04 Å². The van der Waals surface area contributed by atoms with Gasteiger partial charge in [-0.05, 0) is 32.1 Å². The molecule has 1 amide bonds. The van der Waals surface area contributed by atoms with Crippen LogP contribution in [0.15, 0.2) is 0 Å². The van der Waals surface area contributed by atoms with Crippen LogP contribution < -0.4 is 10.6 Å². The van der Waals surface area contributed by atoms with Gasteiger partial charge in [-0.25, -0.2) is 4.79 Å². The number of carboxylic acids is 1. The highest BCUT2D eigenvalue weighted by Crippen LogP contribution is 2.26. The lowest BCUT2D eigenvalue weighted by Gasteiger charge is -2.28. The van der Waals surface area contributed by atoms with Gasteiger partial charge in [0.25, 0.3) is 0 Å². The lowest BCUT2D eigenvalue weighted by Crippen LogP contribution is -2.49. The topological polar surface area (TPSA) is 78.4 Å². The second-order valence-electron chi connectivity index (χ2n) is 5.47. The fourth-order valence-electron chi connectivity index (χ4n) is 2.48. The van der Waals surface area contributed by atoms with Gasteiger partial charge in [-0.2, -0.15) is 0 Å². The van der Waals surface area contributed by atoms with Gasteiger partial charge in [0.1, 0.15) is 6.04 Å². The molecule has 0 heterocycles. The molecule has 0 aromatic carbocycles. The molecule has 0 saturated heterocycles. The van der Waals surface area contributed by atoms with Crippen LogP contribution in [0.2, 0.25) is 0 Å². The number of carboxylic acid groups (broad SMARTS) is 1. The van der Waals surface area contributed by atoms with E-state index in [0.717, 1.165) is 32.1 Å². The normalized spacial score (nSPS) is 19.7. The predicted octanol–water partition coefficient (Wildman–Crippen LogP) is 1.52. The van der Waals surface area contributed by atoms with Gasteiger partial charge in [-0.3, -0.25) is 4.79 Å². The summed E-state index contributed by atoms with van der Waals surface area (Å²) < 4.78 is 0. The molecule has 0 aromatic heterocycles. The fourth-order valence-corrected chi connectivity index (χ4v) is 2.48. The summed E-state index contributed by atoms with van der Waals surface area (Å²) in [4.78, 5) is 23.1. The molecule has 5 nitrogen and oxygen atoms in total. The fraction of sp³-hybridized carbons (Fsp3) is 0.857. The van der Waals surface area contributed by atoms with Crippen molar-refractivity contribution < 1.29 is 14.7 Å². The number of nitrogens with one attached hydrogen (secondary N) is 2. The first-order valence-corrected chi connectivity index (χ1v) is 7.30. The molecule has 0 bridgehead atoms. The molecular weight excluding hydrogens is 244 g/mol. The lowest BCUT2D eigenvalue weighted by atomic mass is 9.84. The largest absolute Gasteiger partial charge is 0.480 e. The van der Waals surface area contributed by atoms with Crippen molar-refractivity contribution in [1.29, 1.82) is 0 Å². The van der Waals surface area contributed by atoms with Crippen molar-refractivity contribution in [1.82, 2.24) is 10.6 Å². The molecule has 1 fully saturated rings. The zero-order chi connectivity index (χ0) is 14.3. The Morgan fingerprint density at radius 2 is 1.89 bits per heavy atom. The minimum atomic E-state index is -0.913. The van der Waals surface area contributed by atoms with E-state index in [9.17, 15) is 14.7 Å². The quantitative estimate of drug-likeness (QED) is 0.655. The number of carbonyl (C=O) groups is 2. The second kappa shape index (κ2) is 8.15. The molecule has 1 aliphatic carbocycles. The van der Waals surface area contributed by atoms with E-state index in [1.807, 2.05) is 13.8 Å². The van der Waals surface area contributed by atoms with Crippen LogP contribution in [0.5, 0.6) is 0 Å². The molecule has 1 aliphatic rings. The SMILES string of the molecule is CCC(C)NCC(=O)NC(C(=O)O)C1CCCCC1. The smallest absolute Gasteiger partial charge is 0.326 e. The summed E-state index contributed by atoms with van der Waals surface area (Å²) in [6, 6.07) is -0.463. The Balaban J connectivity index is 2.44. The summed E-state index contributed by atoms with van der Waals surface area (Å²) in [5, 5.41) is 15.0. The maximum absolute atomic E-state index is 11.8. The van der Waals surface area contributed by atoms with E-state index in [4.69, 9.17) is 0 Å². The van der Waals surface area contributed by atoms with Crippen LogP contribution in [0.1, 0.15) is 52.4 Å². The van der Waals surface area contributed by atoms with Crippen LogP contribution >= 0.6 is 0 Å². The summed E-state index contributed by atoms with van der Waals surface area (Å²) in [6.07, 6.45) is 6.04. The van der Waals surface area contributed by atoms with E-state index in [1.54, 1.807) is 0 Å². The van der Waals surface area contributed by atoms with Gasteiger partial charge >= 0.3 is 5.97 Å². The highest BCUT2D eigenvalue weighted by atomic mass is 16.4. The van der Waals surface area contributed by atoms with Crippen LogP contribution in [0.4, 0.5) is 0 Å². The Hall–Kier alpha value is -1.10. The Labute approximate surface area is 115 Å². The average molecular weight is 270 g/mol. The van der Waals surface area contributed by atoms with E-state index in [2.05, 4.69) is 10.6 Å². The third-order valence-corrected chi connectivity index (χ3v) is 3.93. The monoisotopic (exact) mass is 270 g/mol. The first-order valence-electron chi connectivity index (χ1n) is 7.30. The molecule has 19 heavy (non-hydrogen) atoms.